The van der Waals surface area contributed by atoms with Gasteiger partial charge in [0.1, 0.15) is 0 Å². The van der Waals surface area contributed by atoms with Crippen molar-refractivity contribution in [3.05, 3.63) is 52.0 Å². The third-order valence-corrected chi connectivity index (χ3v) is 6.61. The van der Waals surface area contributed by atoms with Crippen molar-refractivity contribution in [1.82, 2.24) is 15.6 Å². The van der Waals surface area contributed by atoms with Gasteiger partial charge in [0.15, 0.2) is 0 Å². The van der Waals surface area contributed by atoms with Gasteiger partial charge in [-0.3, -0.25) is 0 Å². The largest absolute Gasteiger partial charge is 0.379 e. The summed E-state index contributed by atoms with van der Waals surface area (Å²) in [6.45, 7) is 3.59. The van der Waals surface area contributed by atoms with E-state index in [0.717, 1.165) is 39.1 Å². The Balaban J connectivity index is 0.00000210. The van der Waals surface area contributed by atoms with E-state index in [1.54, 1.807) is 11.3 Å². The van der Waals surface area contributed by atoms with E-state index in [0.29, 0.717) is 18.0 Å². The highest BCUT2D eigenvalue weighted by Gasteiger charge is 2.34. The number of morpholine rings is 1. The van der Waals surface area contributed by atoms with Crippen LogP contribution < -0.4 is 10.6 Å². The predicted octanol–water partition coefficient (Wildman–Crippen LogP) is 3.60. The lowest BCUT2D eigenvalue weighted by atomic mass is 9.94. The fourth-order valence-electron chi connectivity index (χ4n) is 4.26. The third kappa shape index (κ3) is 5.75. The maximum atomic E-state index is 5.67. The topological polar surface area (TPSA) is 46.2 Å². The number of hydrogen-bond acceptors (Lipinski definition) is 5. The average Bonchev–Trinajstić information content (AvgIpc) is 3.35. The Bertz CT molecular complexity index is 675. The van der Waals surface area contributed by atoms with Gasteiger partial charge in [-0.1, -0.05) is 36.8 Å². The highest BCUT2D eigenvalue weighted by molar-refractivity contribution is 7.09. The zero-order valence-corrected chi connectivity index (χ0v) is 17.4. The third-order valence-electron chi connectivity index (χ3n) is 5.65. The second-order valence-corrected chi connectivity index (χ2v) is 8.38. The van der Waals surface area contributed by atoms with E-state index in [4.69, 9.17) is 9.72 Å². The molecule has 0 spiro atoms. The summed E-state index contributed by atoms with van der Waals surface area (Å²) in [6.07, 6.45) is 6.00. The smallest absolute Gasteiger partial charge is 0.0932 e. The van der Waals surface area contributed by atoms with E-state index < -0.39 is 0 Å². The molecule has 148 valence electrons. The maximum absolute atomic E-state index is 5.67. The lowest BCUT2D eigenvalue weighted by Crippen LogP contribution is -2.50. The number of aryl methyl sites for hydroxylation is 2. The number of hydrogen-bond donors (Lipinski definition) is 2. The number of halogens is 1. The number of aromatic nitrogens is 1. The first kappa shape index (κ1) is 20.7. The van der Waals surface area contributed by atoms with E-state index >= 15 is 0 Å². The number of ether oxygens (including phenoxy) is 1. The van der Waals surface area contributed by atoms with Crippen LogP contribution in [0.15, 0.2) is 35.7 Å². The molecule has 0 amide bonds. The van der Waals surface area contributed by atoms with Gasteiger partial charge < -0.3 is 15.4 Å². The molecular weight excluding hydrogens is 378 g/mol. The lowest BCUT2D eigenvalue weighted by Gasteiger charge is -2.32. The number of benzene rings is 1. The van der Waals surface area contributed by atoms with Gasteiger partial charge >= 0.3 is 0 Å². The van der Waals surface area contributed by atoms with Crippen LogP contribution in [0.5, 0.6) is 0 Å². The molecule has 1 aromatic carbocycles. The molecule has 1 aliphatic carbocycles. The molecule has 3 unspecified atom stereocenters. The first-order valence-corrected chi connectivity index (χ1v) is 10.8. The average molecular weight is 408 g/mol. The van der Waals surface area contributed by atoms with Crippen molar-refractivity contribution in [2.75, 3.05) is 19.8 Å². The monoisotopic (exact) mass is 407 g/mol. The summed E-state index contributed by atoms with van der Waals surface area (Å²) in [6, 6.07) is 11.8. The normalized spacial score (nSPS) is 25.3. The van der Waals surface area contributed by atoms with E-state index in [9.17, 15) is 0 Å². The summed E-state index contributed by atoms with van der Waals surface area (Å²) in [5.41, 5.74) is 2.58. The second-order valence-electron chi connectivity index (χ2n) is 7.44. The Morgan fingerprint density at radius 2 is 2.07 bits per heavy atom. The Morgan fingerprint density at radius 1 is 1.19 bits per heavy atom. The minimum absolute atomic E-state index is 0. The zero-order chi connectivity index (χ0) is 17.6. The van der Waals surface area contributed by atoms with Crippen molar-refractivity contribution >= 4 is 23.7 Å². The quantitative estimate of drug-likeness (QED) is 0.736. The second kappa shape index (κ2) is 10.5. The van der Waals surface area contributed by atoms with E-state index in [1.165, 1.54) is 35.5 Å². The molecule has 2 heterocycles. The van der Waals surface area contributed by atoms with Crippen LogP contribution in [0, 0.1) is 5.92 Å². The molecule has 2 aromatic rings. The molecular formula is C21H30ClN3OS. The minimum atomic E-state index is 0. The van der Waals surface area contributed by atoms with Gasteiger partial charge in [0.2, 0.25) is 0 Å². The molecule has 27 heavy (non-hydrogen) atoms. The Morgan fingerprint density at radius 3 is 2.89 bits per heavy atom. The first-order valence-electron chi connectivity index (χ1n) is 9.90. The maximum Gasteiger partial charge on any atom is 0.0932 e. The van der Waals surface area contributed by atoms with Gasteiger partial charge in [0, 0.05) is 37.0 Å². The molecule has 1 aromatic heterocycles. The van der Waals surface area contributed by atoms with Crippen LogP contribution in [0.25, 0.3) is 0 Å². The van der Waals surface area contributed by atoms with Crippen LogP contribution in [0.1, 0.15) is 35.5 Å². The van der Waals surface area contributed by atoms with Crippen molar-refractivity contribution in [3.8, 4) is 0 Å². The molecule has 4 nitrogen and oxygen atoms in total. The van der Waals surface area contributed by atoms with Crippen LogP contribution in [-0.4, -0.2) is 36.8 Å². The molecule has 3 atom stereocenters. The van der Waals surface area contributed by atoms with E-state index in [-0.39, 0.29) is 12.4 Å². The lowest BCUT2D eigenvalue weighted by molar-refractivity contribution is 0.0524. The zero-order valence-electron chi connectivity index (χ0n) is 15.7. The minimum Gasteiger partial charge on any atom is -0.379 e. The van der Waals surface area contributed by atoms with Gasteiger partial charge in [-0.25, -0.2) is 4.98 Å². The molecule has 0 radical (unpaired) electrons. The summed E-state index contributed by atoms with van der Waals surface area (Å²) in [5.74, 6) is 0.687. The molecule has 2 N–H and O–H groups in total. The number of rotatable bonds is 7. The highest BCUT2D eigenvalue weighted by Crippen LogP contribution is 2.29. The Hall–Kier alpha value is -0.980. The van der Waals surface area contributed by atoms with Gasteiger partial charge in [-0.15, -0.1) is 23.7 Å². The van der Waals surface area contributed by atoms with Crippen LogP contribution in [0.3, 0.4) is 0 Å². The predicted molar refractivity (Wildman–Crippen MR) is 114 cm³/mol. The highest BCUT2D eigenvalue weighted by atomic mass is 35.5. The standard InChI is InChI=1S/C21H29N3OS.ClH/c1-2-5-16(6-3-1)9-10-21-24-17(15-26-21)13-23-19-8-4-7-18(19)20-14-25-12-11-22-20;/h1-3,5-6,15,18-20,22-23H,4,7-14H2;1H. The van der Waals surface area contributed by atoms with Crippen molar-refractivity contribution in [3.63, 3.8) is 0 Å². The van der Waals surface area contributed by atoms with Gasteiger partial charge in [0.25, 0.3) is 0 Å². The van der Waals surface area contributed by atoms with Crippen LogP contribution >= 0.6 is 23.7 Å². The van der Waals surface area contributed by atoms with Crippen molar-refractivity contribution in [2.24, 2.45) is 5.92 Å². The molecule has 1 aliphatic heterocycles. The molecule has 0 bridgehead atoms. The molecule has 6 heteroatoms. The summed E-state index contributed by atoms with van der Waals surface area (Å²) in [4.78, 5) is 4.84. The SMILES string of the molecule is Cl.c1ccc(CCc2nc(CNC3CCCC3C3COCCN3)cs2)cc1. The number of nitrogens with zero attached hydrogens (tertiary/aromatic N) is 1. The fourth-order valence-corrected chi connectivity index (χ4v) is 5.06. The van der Waals surface area contributed by atoms with Gasteiger partial charge in [-0.05, 0) is 30.7 Å². The summed E-state index contributed by atoms with van der Waals surface area (Å²) >= 11 is 1.80. The van der Waals surface area contributed by atoms with Crippen LogP contribution in [-0.2, 0) is 24.1 Å². The summed E-state index contributed by atoms with van der Waals surface area (Å²) in [7, 11) is 0. The summed E-state index contributed by atoms with van der Waals surface area (Å²) in [5, 5.41) is 10.9. The summed E-state index contributed by atoms with van der Waals surface area (Å²) < 4.78 is 5.67. The van der Waals surface area contributed by atoms with Crippen molar-refractivity contribution < 1.29 is 4.74 Å². The molecule has 4 rings (SSSR count). The van der Waals surface area contributed by atoms with Gasteiger partial charge in [-0.2, -0.15) is 0 Å². The van der Waals surface area contributed by atoms with Crippen LogP contribution in [0.4, 0.5) is 0 Å². The first-order chi connectivity index (χ1) is 12.9. The van der Waals surface area contributed by atoms with Crippen LogP contribution in [0.2, 0.25) is 0 Å². The van der Waals surface area contributed by atoms with E-state index in [2.05, 4.69) is 46.3 Å². The number of nitrogens with one attached hydrogen (secondary N) is 2. The van der Waals surface area contributed by atoms with Crippen molar-refractivity contribution in [1.29, 1.82) is 0 Å². The molecule has 2 fully saturated rings. The fraction of sp³-hybridized carbons (Fsp3) is 0.571. The Kier molecular flexibility index (Phi) is 8.09. The molecule has 2 aliphatic rings. The molecule has 1 saturated carbocycles. The van der Waals surface area contributed by atoms with Gasteiger partial charge in [0.05, 0.1) is 23.9 Å². The van der Waals surface area contributed by atoms with Crippen molar-refractivity contribution in [2.45, 2.75) is 50.7 Å². The number of thiazole rings is 1. The van der Waals surface area contributed by atoms with E-state index in [1.807, 2.05) is 0 Å². The molecule has 1 saturated heterocycles. The Labute approximate surface area is 172 Å².